The quantitative estimate of drug-likeness (QED) is 0.322. The number of anilines is 2. The van der Waals surface area contributed by atoms with E-state index < -0.39 is 6.10 Å². The monoisotopic (exact) mass is 409 g/mol. The van der Waals surface area contributed by atoms with Crippen LogP contribution in [0.4, 0.5) is 11.4 Å². The van der Waals surface area contributed by atoms with Gasteiger partial charge in [-0.2, -0.15) is 0 Å². The first kappa shape index (κ1) is 19.0. The Kier molecular flexibility index (Phi) is 5.00. The smallest absolute Gasteiger partial charge is 0.261 e. The molecule has 4 rings (SSSR count). The normalized spacial score (nSPS) is 12.2. The number of imidazole rings is 1. The minimum Gasteiger partial charge on any atom is -0.399 e. The van der Waals surface area contributed by atoms with Crippen LogP contribution in [0.15, 0.2) is 53.5 Å². The van der Waals surface area contributed by atoms with E-state index >= 15 is 0 Å². The largest absolute Gasteiger partial charge is 0.399 e. The average Bonchev–Trinajstić information content (AvgIpc) is 3.10. The minimum absolute atomic E-state index is 0.197. The summed E-state index contributed by atoms with van der Waals surface area (Å²) in [6.45, 7) is 2.11. The Morgan fingerprint density at radius 1 is 1.28 bits per heavy atom. The molecule has 0 fully saturated rings. The van der Waals surface area contributed by atoms with Crippen molar-refractivity contribution in [1.82, 2.24) is 15.0 Å². The number of aromatic nitrogens is 3. The molecule has 0 bridgehead atoms. The third-order valence-corrected chi connectivity index (χ3v) is 4.95. The highest BCUT2D eigenvalue weighted by Gasteiger charge is 2.16. The van der Waals surface area contributed by atoms with Crippen LogP contribution >= 0.6 is 11.6 Å². The van der Waals surface area contributed by atoms with E-state index in [0.717, 1.165) is 16.6 Å². The lowest BCUT2D eigenvalue weighted by Crippen LogP contribution is -2.17. The molecular weight excluding hydrogens is 390 g/mol. The van der Waals surface area contributed by atoms with Crippen LogP contribution in [-0.4, -0.2) is 26.6 Å². The fourth-order valence-corrected chi connectivity index (χ4v) is 3.53. The summed E-state index contributed by atoms with van der Waals surface area (Å²) in [5.41, 5.74) is 10.3. The zero-order chi connectivity index (χ0) is 20.5. The first-order valence-electron chi connectivity index (χ1n) is 9.07. The molecule has 2 heterocycles. The molecule has 0 aliphatic carbocycles. The molecule has 7 nitrogen and oxygen atoms in total. The summed E-state index contributed by atoms with van der Waals surface area (Å²) >= 11 is 6.00. The number of nitrogens with zero attached hydrogens (tertiary/aromatic N) is 1. The van der Waals surface area contributed by atoms with Crippen molar-refractivity contribution in [1.29, 1.82) is 0 Å². The predicted molar refractivity (Wildman–Crippen MR) is 116 cm³/mol. The van der Waals surface area contributed by atoms with Gasteiger partial charge in [-0.05, 0) is 48.4 Å². The Bertz CT molecular complexity index is 1250. The van der Waals surface area contributed by atoms with Gasteiger partial charge < -0.3 is 26.1 Å². The van der Waals surface area contributed by atoms with E-state index in [-0.39, 0.29) is 12.1 Å². The number of pyridine rings is 1. The maximum absolute atomic E-state index is 12.6. The maximum Gasteiger partial charge on any atom is 0.261 e. The highest BCUT2D eigenvalue weighted by Crippen LogP contribution is 2.27. The highest BCUT2D eigenvalue weighted by molar-refractivity contribution is 6.30. The van der Waals surface area contributed by atoms with Gasteiger partial charge in [-0.3, -0.25) is 4.79 Å². The van der Waals surface area contributed by atoms with Crippen LogP contribution in [0.25, 0.3) is 22.4 Å². The van der Waals surface area contributed by atoms with Gasteiger partial charge in [-0.25, -0.2) is 4.98 Å². The molecule has 0 aliphatic rings. The van der Waals surface area contributed by atoms with Crippen molar-refractivity contribution in [3.05, 3.63) is 75.2 Å². The second-order valence-electron chi connectivity index (χ2n) is 6.87. The number of H-pyrrole nitrogens is 2. The van der Waals surface area contributed by atoms with Crippen molar-refractivity contribution >= 4 is 34.0 Å². The lowest BCUT2D eigenvalue weighted by atomic mass is 10.1. The number of aryl methyl sites for hydroxylation is 1. The lowest BCUT2D eigenvalue weighted by molar-refractivity contribution is 0.191. The highest BCUT2D eigenvalue weighted by atomic mass is 35.5. The van der Waals surface area contributed by atoms with Gasteiger partial charge in [-0.1, -0.05) is 23.7 Å². The summed E-state index contributed by atoms with van der Waals surface area (Å²) in [6.07, 6.45) is 0.754. The molecule has 29 heavy (non-hydrogen) atoms. The summed E-state index contributed by atoms with van der Waals surface area (Å²) in [7, 11) is 0. The molecule has 1 unspecified atom stereocenters. The molecule has 148 valence electrons. The number of hydrogen-bond donors (Lipinski definition) is 5. The van der Waals surface area contributed by atoms with E-state index in [9.17, 15) is 9.90 Å². The number of fused-ring (bicyclic) bond motifs is 1. The van der Waals surface area contributed by atoms with Crippen LogP contribution in [-0.2, 0) is 0 Å². The number of halogens is 1. The van der Waals surface area contributed by atoms with Crippen LogP contribution < -0.4 is 16.6 Å². The van der Waals surface area contributed by atoms with Gasteiger partial charge in [0.2, 0.25) is 0 Å². The van der Waals surface area contributed by atoms with E-state index in [4.69, 9.17) is 17.3 Å². The zero-order valence-corrected chi connectivity index (χ0v) is 16.4. The molecule has 0 aliphatic heterocycles. The summed E-state index contributed by atoms with van der Waals surface area (Å²) in [5, 5.41) is 14.2. The first-order valence-corrected chi connectivity index (χ1v) is 9.45. The summed E-state index contributed by atoms with van der Waals surface area (Å²) in [4.78, 5) is 23.0. The number of rotatable bonds is 5. The van der Waals surface area contributed by atoms with E-state index in [1.54, 1.807) is 42.6 Å². The van der Waals surface area contributed by atoms with Gasteiger partial charge in [0.25, 0.3) is 5.56 Å². The third-order valence-electron chi connectivity index (χ3n) is 4.72. The Morgan fingerprint density at radius 2 is 2.10 bits per heavy atom. The molecule has 0 spiro atoms. The molecule has 0 saturated carbocycles. The summed E-state index contributed by atoms with van der Waals surface area (Å²) < 4.78 is 0. The number of nitrogens with two attached hydrogens (primary N) is 1. The van der Waals surface area contributed by atoms with Crippen LogP contribution in [0.3, 0.4) is 0 Å². The molecule has 6 N–H and O–H groups in total. The molecule has 0 saturated heterocycles. The number of hydrogen-bond acceptors (Lipinski definition) is 5. The molecule has 0 radical (unpaired) electrons. The molecule has 2 aromatic heterocycles. The Morgan fingerprint density at radius 3 is 2.90 bits per heavy atom. The van der Waals surface area contributed by atoms with Crippen LogP contribution in [0.1, 0.15) is 17.2 Å². The number of aromatic amines is 2. The van der Waals surface area contributed by atoms with Crippen LogP contribution in [0, 0.1) is 6.92 Å². The molecule has 1 atom stereocenters. The fourth-order valence-electron chi connectivity index (χ4n) is 3.34. The minimum atomic E-state index is -0.793. The summed E-state index contributed by atoms with van der Waals surface area (Å²) in [5.74, 6) is 0.426. The van der Waals surface area contributed by atoms with Gasteiger partial charge >= 0.3 is 0 Å². The van der Waals surface area contributed by atoms with Crippen molar-refractivity contribution in [2.75, 3.05) is 17.6 Å². The molecular formula is C21H20ClN5O2. The van der Waals surface area contributed by atoms with E-state index in [0.29, 0.717) is 33.3 Å². The van der Waals surface area contributed by atoms with Gasteiger partial charge in [0.15, 0.2) is 0 Å². The molecule has 8 heteroatoms. The standard InChI is InChI=1S/C21H20ClN5O2/c1-11-7-14(23)9-16-19(11)27-20(26-16)18-15(5-6-24-21(18)29)25-10-17(28)12-3-2-4-13(22)8-12/h2-9,17,28H,10,23H2,1H3,(H,26,27)(H2,24,25,29). The van der Waals surface area contributed by atoms with Gasteiger partial charge in [0, 0.05) is 23.5 Å². The van der Waals surface area contributed by atoms with E-state index in [2.05, 4.69) is 20.3 Å². The van der Waals surface area contributed by atoms with Gasteiger partial charge in [-0.15, -0.1) is 0 Å². The SMILES string of the molecule is Cc1cc(N)cc2[nH]c(-c3c(NCC(O)c4cccc(Cl)c4)cc[nH]c3=O)nc12. The van der Waals surface area contributed by atoms with Gasteiger partial charge in [0.1, 0.15) is 11.4 Å². The fraction of sp³-hybridized carbons (Fsp3) is 0.143. The van der Waals surface area contributed by atoms with Crippen molar-refractivity contribution in [3.63, 3.8) is 0 Å². The van der Waals surface area contributed by atoms with Crippen molar-refractivity contribution < 1.29 is 5.11 Å². The van der Waals surface area contributed by atoms with E-state index in [1.807, 2.05) is 13.0 Å². The van der Waals surface area contributed by atoms with Crippen molar-refractivity contribution in [2.45, 2.75) is 13.0 Å². The third kappa shape index (κ3) is 3.83. The van der Waals surface area contributed by atoms with Crippen LogP contribution in [0.2, 0.25) is 5.02 Å². The molecule has 2 aromatic carbocycles. The number of nitrogens with one attached hydrogen (secondary N) is 3. The Labute approximate surface area is 171 Å². The van der Waals surface area contributed by atoms with E-state index in [1.165, 1.54) is 0 Å². The topological polar surface area (TPSA) is 120 Å². The second-order valence-corrected chi connectivity index (χ2v) is 7.30. The number of benzene rings is 2. The number of aliphatic hydroxyl groups excluding tert-OH is 1. The number of aliphatic hydroxyl groups is 1. The Hall–Kier alpha value is -3.29. The molecule has 0 amide bonds. The first-order chi connectivity index (χ1) is 13.9. The zero-order valence-electron chi connectivity index (χ0n) is 15.7. The van der Waals surface area contributed by atoms with Crippen molar-refractivity contribution in [2.24, 2.45) is 0 Å². The summed E-state index contributed by atoms with van der Waals surface area (Å²) in [6, 6.07) is 12.4. The van der Waals surface area contributed by atoms with Crippen LogP contribution in [0.5, 0.6) is 0 Å². The second kappa shape index (κ2) is 7.62. The lowest BCUT2D eigenvalue weighted by Gasteiger charge is -2.15. The number of nitrogen functional groups attached to an aromatic ring is 1. The predicted octanol–water partition coefficient (Wildman–Crippen LogP) is 3.61. The Balaban J connectivity index is 1.67. The van der Waals surface area contributed by atoms with Gasteiger partial charge in [0.05, 0.1) is 22.8 Å². The van der Waals surface area contributed by atoms with Crippen molar-refractivity contribution in [3.8, 4) is 11.4 Å². The maximum atomic E-state index is 12.6. The average molecular weight is 410 g/mol. The molecule has 4 aromatic rings.